The molecule has 0 amide bonds. The Hall–Kier alpha value is 0.0543. The number of hydrogen-bond acceptors (Lipinski definition) is 0. The van der Waals surface area contributed by atoms with Crippen LogP contribution in [0.1, 0.15) is 0 Å². The van der Waals surface area contributed by atoms with Crippen molar-refractivity contribution in [1.82, 2.24) is 4.98 Å². The number of hydrogen-bond donors (Lipinski definition) is 1. The predicted molar refractivity (Wildman–Crippen MR) is 43.5 cm³/mol. The third-order valence-electron chi connectivity index (χ3n) is 1.40. The molecule has 2 rings (SSSR count). The molecule has 4 heteroatoms. The van der Waals surface area contributed by atoms with E-state index in [1.165, 1.54) is 5.39 Å². The smallest absolute Gasteiger partial charge is 1.00 e. The maximum atomic E-state index is 2.99. The first kappa shape index (κ1) is 18.8. The fourth-order valence-electron chi connectivity index (χ4n) is 0.928. The average molecular weight is 250 g/mol. The Morgan fingerprint density at radius 3 is 2.31 bits per heavy atom. The van der Waals surface area contributed by atoms with Crippen molar-refractivity contribution in [1.29, 1.82) is 0 Å². The molecule has 0 saturated carbocycles. The van der Waals surface area contributed by atoms with Crippen LogP contribution in [0.4, 0.5) is 0 Å². The molecule has 13 heavy (non-hydrogen) atoms. The van der Waals surface area contributed by atoms with Crippen LogP contribution in [0.15, 0.2) is 30.3 Å². The minimum atomic E-state index is 0. The average Bonchev–Trinajstić information content (AvgIpc) is 2.33. The molecule has 0 atom stereocenters. The standard InChI is InChI=1S/C8H6N.CH3.2ClH.Ti/c1-2-4-8-7(3-1)5-6-9-8;;;;/h1-5,9H;1H3;2*1H;/q2*-1;;;+4/p-2. The molecule has 0 aliphatic rings. The number of fused-ring (bicyclic) bond motifs is 1. The minimum absolute atomic E-state index is 0. The van der Waals surface area contributed by atoms with Crippen LogP contribution < -0.4 is 24.8 Å². The molecular formula is C9H9Cl2NTi. The van der Waals surface area contributed by atoms with Crippen molar-refractivity contribution in [2.45, 2.75) is 0 Å². The molecule has 1 aromatic carbocycles. The number of aromatic nitrogens is 1. The van der Waals surface area contributed by atoms with E-state index < -0.39 is 0 Å². The Kier molecular flexibility index (Phi) is 12.5. The van der Waals surface area contributed by atoms with Crippen molar-refractivity contribution in [3.05, 3.63) is 44.0 Å². The monoisotopic (exact) mass is 249 g/mol. The van der Waals surface area contributed by atoms with Crippen molar-refractivity contribution < 1.29 is 46.5 Å². The van der Waals surface area contributed by atoms with Crippen LogP contribution in [0.3, 0.4) is 0 Å². The minimum Gasteiger partial charge on any atom is -1.00 e. The molecule has 0 unspecified atom stereocenters. The summed E-state index contributed by atoms with van der Waals surface area (Å²) in [4.78, 5) is 2.99. The third kappa shape index (κ3) is 4.19. The molecule has 0 radical (unpaired) electrons. The van der Waals surface area contributed by atoms with Crippen LogP contribution in [0.25, 0.3) is 10.9 Å². The van der Waals surface area contributed by atoms with Crippen molar-refractivity contribution in [3.63, 3.8) is 0 Å². The molecule has 68 valence electrons. The predicted octanol–water partition coefficient (Wildman–Crippen LogP) is -3.58. The van der Waals surface area contributed by atoms with Gasteiger partial charge in [0.05, 0.1) is 0 Å². The second-order valence-electron chi connectivity index (χ2n) is 2.00. The largest absolute Gasteiger partial charge is 4.00 e. The molecule has 0 spiro atoms. The van der Waals surface area contributed by atoms with Crippen LogP contribution in [0.2, 0.25) is 0 Å². The zero-order valence-corrected chi connectivity index (χ0v) is 10.2. The van der Waals surface area contributed by atoms with Gasteiger partial charge in [0, 0.05) is 0 Å². The summed E-state index contributed by atoms with van der Waals surface area (Å²) in [5.41, 5.74) is 1.15. The van der Waals surface area contributed by atoms with Gasteiger partial charge in [0.2, 0.25) is 0 Å². The van der Waals surface area contributed by atoms with E-state index in [4.69, 9.17) is 0 Å². The number of halogens is 2. The van der Waals surface area contributed by atoms with E-state index in [-0.39, 0.29) is 54.0 Å². The summed E-state index contributed by atoms with van der Waals surface area (Å²) >= 11 is 0. The molecular weight excluding hydrogens is 241 g/mol. The van der Waals surface area contributed by atoms with Crippen LogP contribution in [0, 0.1) is 13.6 Å². The fourth-order valence-corrected chi connectivity index (χ4v) is 0.928. The second-order valence-corrected chi connectivity index (χ2v) is 2.00. The Morgan fingerprint density at radius 2 is 1.69 bits per heavy atom. The van der Waals surface area contributed by atoms with Crippen LogP contribution in [-0.4, -0.2) is 4.98 Å². The van der Waals surface area contributed by atoms with Crippen LogP contribution in [-0.2, 0) is 21.7 Å². The number of para-hydroxylation sites is 1. The SMILES string of the molecule is [CH3-].[Cl-].[Cl-].[Ti+4].[c-]1cc2ccccc2[nH]1. The van der Waals surface area contributed by atoms with Gasteiger partial charge in [-0.3, -0.25) is 0 Å². The number of rotatable bonds is 0. The number of nitrogens with one attached hydrogen (secondary N) is 1. The first-order chi connectivity index (χ1) is 4.47. The molecule has 1 aromatic heterocycles. The Balaban J connectivity index is -0.000000250. The van der Waals surface area contributed by atoms with Crippen LogP contribution >= 0.6 is 0 Å². The number of H-pyrrole nitrogens is 1. The topological polar surface area (TPSA) is 15.8 Å². The molecule has 1 heterocycles. The first-order valence-electron chi connectivity index (χ1n) is 2.90. The molecule has 0 aliphatic carbocycles. The van der Waals surface area contributed by atoms with Gasteiger partial charge < -0.3 is 37.2 Å². The van der Waals surface area contributed by atoms with Gasteiger partial charge in [-0.05, 0) is 0 Å². The van der Waals surface area contributed by atoms with Crippen molar-refractivity contribution in [2.24, 2.45) is 0 Å². The molecule has 1 N–H and O–H groups in total. The zero-order chi connectivity index (χ0) is 6.10. The van der Waals surface area contributed by atoms with E-state index in [0.29, 0.717) is 0 Å². The van der Waals surface area contributed by atoms with Gasteiger partial charge in [-0.15, -0.1) is 23.8 Å². The molecule has 0 bridgehead atoms. The maximum Gasteiger partial charge on any atom is 4.00 e. The summed E-state index contributed by atoms with van der Waals surface area (Å²) in [7, 11) is 0. The fraction of sp³-hybridized carbons (Fsp3) is 0. The maximum absolute atomic E-state index is 2.99. The van der Waals surface area contributed by atoms with E-state index in [1.54, 1.807) is 0 Å². The summed E-state index contributed by atoms with van der Waals surface area (Å²) in [5.74, 6) is 0. The Morgan fingerprint density at radius 1 is 1.08 bits per heavy atom. The van der Waals surface area contributed by atoms with Gasteiger partial charge in [-0.25, -0.2) is 0 Å². The molecule has 2 aromatic rings. The van der Waals surface area contributed by atoms with Crippen molar-refractivity contribution >= 4 is 10.9 Å². The Labute approximate surface area is 106 Å². The van der Waals surface area contributed by atoms with E-state index >= 15 is 0 Å². The van der Waals surface area contributed by atoms with Gasteiger partial charge in [0.15, 0.2) is 0 Å². The third-order valence-corrected chi connectivity index (χ3v) is 1.40. The van der Waals surface area contributed by atoms with E-state index in [0.717, 1.165) is 5.52 Å². The second kappa shape index (κ2) is 8.64. The normalized spacial score (nSPS) is 7.08. The van der Waals surface area contributed by atoms with Gasteiger partial charge in [0.1, 0.15) is 0 Å². The molecule has 0 fully saturated rings. The van der Waals surface area contributed by atoms with Crippen molar-refractivity contribution in [3.8, 4) is 0 Å². The quantitative estimate of drug-likeness (QED) is 0.367. The number of aromatic amines is 1. The van der Waals surface area contributed by atoms with E-state index in [1.807, 2.05) is 24.3 Å². The molecule has 0 aliphatic heterocycles. The summed E-state index contributed by atoms with van der Waals surface area (Å²) < 4.78 is 0. The summed E-state index contributed by atoms with van der Waals surface area (Å²) in [6.07, 6.45) is 2.91. The van der Waals surface area contributed by atoms with Crippen LogP contribution in [0.5, 0.6) is 0 Å². The van der Waals surface area contributed by atoms with Gasteiger partial charge in [-0.1, -0.05) is 12.1 Å². The van der Waals surface area contributed by atoms with E-state index in [9.17, 15) is 0 Å². The zero-order valence-electron chi connectivity index (χ0n) is 7.14. The summed E-state index contributed by atoms with van der Waals surface area (Å²) in [6.45, 7) is 0. The van der Waals surface area contributed by atoms with Gasteiger partial charge >= 0.3 is 21.7 Å². The number of benzene rings is 1. The van der Waals surface area contributed by atoms with Gasteiger partial charge in [-0.2, -0.15) is 11.5 Å². The summed E-state index contributed by atoms with van der Waals surface area (Å²) in [5, 5.41) is 1.22. The Bertz CT molecular complexity index is 292. The van der Waals surface area contributed by atoms with Gasteiger partial charge in [0.25, 0.3) is 0 Å². The molecule has 0 saturated heterocycles. The van der Waals surface area contributed by atoms with Crippen molar-refractivity contribution in [2.75, 3.05) is 0 Å². The molecule has 1 nitrogen and oxygen atoms in total. The van der Waals surface area contributed by atoms with E-state index in [2.05, 4.69) is 17.2 Å². The summed E-state index contributed by atoms with van der Waals surface area (Å²) in [6, 6.07) is 10.1. The first-order valence-corrected chi connectivity index (χ1v) is 2.90.